The van der Waals surface area contributed by atoms with Gasteiger partial charge in [-0.2, -0.15) is 11.3 Å². The molecule has 0 aliphatic rings. The van der Waals surface area contributed by atoms with E-state index in [9.17, 15) is 4.79 Å². The van der Waals surface area contributed by atoms with Crippen molar-refractivity contribution < 1.29 is 4.79 Å². The third-order valence-corrected chi connectivity index (χ3v) is 5.34. The van der Waals surface area contributed by atoms with Crippen molar-refractivity contribution in [2.45, 2.75) is 12.8 Å². The maximum atomic E-state index is 12.1. The zero-order chi connectivity index (χ0) is 17.1. The molecule has 8 heteroatoms. The molecule has 0 aliphatic carbocycles. The lowest BCUT2D eigenvalue weighted by Gasteiger charge is -2.03. The molecule has 4 heterocycles. The van der Waals surface area contributed by atoms with Crippen LogP contribution in [0.3, 0.4) is 0 Å². The number of hydrogen-bond donors (Lipinski definition) is 1. The molecule has 0 atom stereocenters. The molecule has 1 amide bonds. The van der Waals surface area contributed by atoms with Crippen LogP contribution in [-0.4, -0.2) is 32.0 Å². The first-order valence-corrected chi connectivity index (χ1v) is 9.64. The molecule has 25 heavy (non-hydrogen) atoms. The van der Waals surface area contributed by atoms with Gasteiger partial charge in [0, 0.05) is 35.5 Å². The molecule has 0 radical (unpaired) electrons. The van der Waals surface area contributed by atoms with Crippen LogP contribution in [0.25, 0.3) is 16.2 Å². The highest BCUT2D eigenvalue weighted by Crippen LogP contribution is 2.25. The summed E-state index contributed by atoms with van der Waals surface area (Å²) in [4.78, 5) is 16.6. The Morgan fingerprint density at radius 1 is 1.20 bits per heavy atom. The van der Waals surface area contributed by atoms with Crippen LogP contribution in [0.2, 0.25) is 0 Å². The first kappa shape index (κ1) is 15.9. The highest BCUT2D eigenvalue weighted by molar-refractivity contribution is 7.14. The summed E-state index contributed by atoms with van der Waals surface area (Å²) in [5.74, 6) is 0.806. The predicted octanol–water partition coefficient (Wildman–Crippen LogP) is 2.82. The van der Waals surface area contributed by atoms with E-state index in [4.69, 9.17) is 0 Å². The van der Waals surface area contributed by atoms with E-state index in [1.165, 1.54) is 0 Å². The van der Waals surface area contributed by atoms with E-state index in [0.29, 0.717) is 19.4 Å². The van der Waals surface area contributed by atoms with Gasteiger partial charge in [-0.1, -0.05) is 6.07 Å². The summed E-state index contributed by atoms with van der Waals surface area (Å²) in [5, 5.41) is 18.2. The lowest BCUT2D eigenvalue weighted by Crippen LogP contribution is -2.27. The Morgan fingerprint density at radius 3 is 3.04 bits per heavy atom. The molecular weight excluding hydrogens is 354 g/mol. The Morgan fingerprint density at radius 2 is 2.16 bits per heavy atom. The van der Waals surface area contributed by atoms with Crippen molar-refractivity contribution in [1.82, 2.24) is 24.9 Å². The van der Waals surface area contributed by atoms with Crippen molar-refractivity contribution >= 4 is 34.2 Å². The predicted molar refractivity (Wildman–Crippen MR) is 98.8 cm³/mol. The quantitative estimate of drug-likeness (QED) is 0.567. The number of nitrogens with zero attached hydrogens (tertiary/aromatic N) is 4. The summed E-state index contributed by atoms with van der Waals surface area (Å²) < 4.78 is 1.93. The van der Waals surface area contributed by atoms with Crippen molar-refractivity contribution in [3.63, 3.8) is 0 Å². The number of aromatic nitrogens is 4. The van der Waals surface area contributed by atoms with Crippen LogP contribution in [-0.2, 0) is 17.6 Å². The molecule has 4 aromatic rings. The lowest BCUT2D eigenvalue weighted by atomic mass is 10.3. The molecule has 0 bridgehead atoms. The minimum absolute atomic E-state index is 0.0315. The van der Waals surface area contributed by atoms with Gasteiger partial charge in [0.05, 0.1) is 12.1 Å². The second-order valence-corrected chi connectivity index (χ2v) is 7.12. The van der Waals surface area contributed by atoms with Gasteiger partial charge in [-0.15, -0.1) is 21.5 Å². The molecule has 0 fully saturated rings. The van der Waals surface area contributed by atoms with E-state index >= 15 is 0 Å². The van der Waals surface area contributed by atoms with Crippen LogP contribution < -0.4 is 5.32 Å². The van der Waals surface area contributed by atoms with Crippen LogP contribution in [0.4, 0.5) is 0 Å². The highest BCUT2D eigenvalue weighted by atomic mass is 32.1. The maximum Gasteiger partial charge on any atom is 0.226 e. The molecule has 4 aromatic heterocycles. The number of carbonyl (C=O) groups excluding carboxylic acids is 1. The lowest BCUT2D eigenvalue weighted by molar-refractivity contribution is -0.120. The number of fused-ring (bicyclic) bond motifs is 1. The Labute approximate surface area is 152 Å². The first-order chi connectivity index (χ1) is 12.3. The standard InChI is InChI=1S/C17H15N5OS2/c23-16(9-13-11-25-17(19-13)12-5-8-24-10-12)18-6-4-15-21-20-14-3-1-2-7-22(14)15/h1-3,5,7-8,10-11H,4,6,9H2,(H,18,23). The van der Waals surface area contributed by atoms with Gasteiger partial charge >= 0.3 is 0 Å². The average molecular weight is 369 g/mol. The fraction of sp³-hybridized carbons (Fsp3) is 0.176. The van der Waals surface area contributed by atoms with Gasteiger partial charge < -0.3 is 5.32 Å². The molecule has 1 N–H and O–H groups in total. The number of carbonyl (C=O) groups is 1. The molecule has 0 saturated carbocycles. The molecule has 0 unspecified atom stereocenters. The summed E-state index contributed by atoms with van der Waals surface area (Å²) >= 11 is 3.21. The largest absolute Gasteiger partial charge is 0.355 e. The Balaban J connectivity index is 1.31. The molecule has 0 spiro atoms. The topological polar surface area (TPSA) is 72.2 Å². The summed E-state index contributed by atoms with van der Waals surface area (Å²) in [6.45, 7) is 0.524. The SMILES string of the molecule is O=C(Cc1csc(-c2ccsc2)n1)NCCc1nnc2ccccn12. The van der Waals surface area contributed by atoms with E-state index in [1.807, 2.05) is 45.6 Å². The van der Waals surface area contributed by atoms with Crippen LogP contribution in [0.15, 0.2) is 46.6 Å². The Bertz CT molecular complexity index is 989. The smallest absolute Gasteiger partial charge is 0.226 e. The van der Waals surface area contributed by atoms with E-state index in [-0.39, 0.29) is 5.91 Å². The Hall–Kier alpha value is -2.58. The fourth-order valence-corrected chi connectivity index (χ4v) is 4.04. The van der Waals surface area contributed by atoms with E-state index < -0.39 is 0 Å². The molecule has 6 nitrogen and oxygen atoms in total. The minimum Gasteiger partial charge on any atom is -0.355 e. The van der Waals surface area contributed by atoms with Gasteiger partial charge in [0.15, 0.2) is 5.65 Å². The number of thiazole rings is 1. The number of hydrogen-bond acceptors (Lipinski definition) is 6. The minimum atomic E-state index is -0.0315. The summed E-state index contributed by atoms with van der Waals surface area (Å²) in [5.41, 5.74) is 2.73. The van der Waals surface area contributed by atoms with Crippen molar-refractivity contribution in [3.8, 4) is 10.6 Å². The van der Waals surface area contributed by atoms with E-state index in [1.54, 1.807) is 22.7 Å². The number of rotatable bonds is 6. The first-order valence-electron chi connectivity index (χ1n) is 7.82. The molecular formula is C17H15N5OS2. The van der Waals surface area contributed by atoms with Gasteiger partial charge in [-0.05, 0) is 23.6 Å². The fourth-order valence-electron chi connectivity index (χ4n) is 2.51. The van der Waals surface area contributed by atoms with Crippen LogP contribution in [0.5, 0.6) is 0 Å². The number of pyridine rings is 1. The number of amides is 1. The van der Waals surface area contributed by atoms with E-state index in [0.717, 1.165) is 27.7 Å². The zero-order valence-electron chi connectivity index (χ0n) is 13.3. The van der Waals surface area contributed by atoms with Crippen LogP contribution in [0.1, 0.15) is 11.5 Å². The number of thiophene rings is 1. The zero-order valence-corrected chi connectivity index (χ0v) is 14.9. The van der Waals surface area contributed by atoms with Crippen molar-refractivity contribution in [2.75, 3.05) is 6.54 Å². The summed E-state index contributed by atoms with van der Waals surface area (Å²) in [6.07, 6.45) is 2.85. The van der Waals surface area contributed by atoms with Gasteiger partial charge in [0.1, 0.15) is 10.8 Å². The summed E-state index contributed by atoms with van der Waals surface area (Å²) in [7, 11) is 0. The molecule has 0 aliphatic heterocycles. The normalized spacial score (nSPS) is 11.0. The van der Waals surface area contributed by atoms with Gasteiger partial charge in [-0.25, -0.2) is 4.98 Å². The van der Waals surface area contributed by atoms with Gasteiger partial charge in [-0.3, -0.25) is 9.20 Å². The highest BCUT2D eigenvalue weighted by Gasteiger charge is 2.10. The van der Waals surface area contributed by atoms with E-state index in [2.05, 4.69) is 25.9 Å². The summed E-state index contributed by atoms with van der Waals surface area (Å²) in [6, 6.07) is 7.80. The molecule has 126 valence electrons. The third-order valence-electron chi connectivity index (χ3n) is 3.72. The van der Waals surface area contributed by atoms with Crippen molar-refractivity contribution in [2.24, 2.45) is 0 Å². The third kappa shape index (κ3) is 3.59. The molecule has 4 rings (SSSR count). The van der Waals surface area contributed by atoms with Crippen molar-refractivity contribution in [1.29, 1.82) is 0 Å². The number of nitrogens with one attached hydrogen (secondary N) is 1. The average Bonchev–Trinajstić information content (AvgIpc) is 3.35. The Kier molecular flexibility index (Phi) is 4.53. The second kappa shape index (κ2) is 7.12. The maximum absolute atomic E-state index is 12.1. The van der Waals surface area contributed by atoms with Gasteiger partial charge in [0.2, 0.25) is 5.91 Å². The van der Waals surface area contributed by atoms with Crippen molar-refractivity contribution in [3.05, 3.63) is 58.1 Å². The second-order valence-electron chi connectivity index (χ2n) is 5.48. The van der Waals surface area contributed by atoms with Crippen LogP contribution >= 0.6 is 22.7 Å². The molecule has 0 aromatic carbocycles. The van der Waals surface area contributed by atoms with Gasteiger partial charge in [0.25, 0.3) is 0 Å². The molecule has 0 saturated heterocycles. The van der Waals surface area contributed by atoms with Crippen LogP contribution in [0, 0.1) is 0 Å². The monoisotopic (exact) mass is 369 g/mol.